The minimum atomic E-state index is -1.08. The van der Waals surface area contributed by atoms with E-state index >= 15 is 0 Å². The molecule has 2 N–H and O–H groups in total. The lowest BCUT2D eigenvalue weighted by molar-refractivity contribution is 0.0314. The molecule has 0 fully saturated rings. The number of esters is 1. The van der Waals surface area contributed by atoms with Crippen LogP contribution in [0.4, 0.5) is 0 Å². The molecule has 2 aromatic rings. The average molecular weight is 408 g/mol. The third-order valence-electron chi connectivity index (χ3n) is 3.87. The van der Waals surface area contributed by atoms with Crippen LogP contribution in [0.15, 0.2) is 22.7 Å². The first-order valence-electron chi connectivity index (χ1n) is 7.57. The van der Waals surface area contributed by atoms with Gasteiger partial charge in [0.15, 0.2) is 11.9 Å². The summed E-state index contributed by atoms with van der Waals surface area (Å²) in [5, 5.41) is 9.77. The van der Waals surface area contributed by atoms with E-state index in [1.165, 1.54) is 26.0 Å². The van der Waals surface area contributed by atoms with Gasteiger partial charge in [-0.3, -0.25) is 9.59 Å². The number of hydrogen-bond acceptors (Lipinski definition) is 5. The van der Waals surface area contributed by atoms with Crippen LogP contribution in [-0.4, -0.2) is 33.7 Å². The van der Waals surface area contributed by atoms with Gasteiger partial charge in [-0.25, -0.2) is 4.79 Å². The normalized spacial score (nSPS) is 11.9. The van der Waals surface area contributed by atoms with Gasteiger partial charge in [0.05, 0.1) is 5.69 Å². The Balaban J connectivity index is 2.24. The lowest BCUT2D eigenvalue weighted by atomic mass is 10.0. The van der Waals surface area contributed by atoms with Crippen molar-refractivity contribution in [2.45, 2.75) is 33.8 Å². The molecule has 1 aromatic heterocycles. The number of aromatic amines is 1. The van der Waals surface area contributed by atoms with Gasteiger partial charge in [0, 0.05) is 15.7 Å². The molecule has 0 radical (unpaired) electrons. The minimum absolute atomic E-state index is 0.0437. The van der Waals surface area contributed by atoms with Crippen molar-refractivity contribution in [2.75, 3.05) is 0 Å². The van der Waals surface area contributed by atoms with Crippen molar-refractivity contribution in [2.24, 2.45) is 0 Å². The van der Waals surface area contributed by atoms with Gasteiger partial charge in [-0.05, 0) is 51.5 Å². The maximum Gasteiger partial charge on any atom is 0.342 e. The summed E-state index contributed by atoms with van der Waals surface area (Å²) in [5.41, 5.74) is 1.78. The van der Waals surface area contributed by atoms with E-state index in [0.717, 1.165) is 0 Å². The number of benzene rings is 1. The molecule has 0 amide bonds. The van der Waals surface area contributed by atoms with Gasteiger partial charge < -0.3 is 14.8 Å². The number of halogens is 1. The molecule has 0 saturated heterocycles. The van der Waals surface area contributed by atoms with E-state index in [4.69, 9.17) is 4.74 Å². The first-order chi connectivity index (χ1) is 11.6. The van der Waals surface area contributed by atoms with Crippen LogP contribution in [-0.2, 0) is 4.74 Å². The molecule has 132 valence electrons. The van der Waals surface area contributed by atoms with Crippen molar-refractivity contribution < 1.29 is 24.2 Å². The van der Waals surface area contributed by atoms with Crippen LogP contribution in [0.5, 0.6) is 5.75 Å². The SMILES string of the molecule is CC(=O)c1c(C)[nH]c(C(=O)[C@H](C)OC(=O)c2cc(Br)ccc2O)c1C. The zero-order valence-electron chi connectivity index (χ0n) is 14.3. The summed E-state index contributed by atoms with van der Waals surface area (Å²) in [4.78, 5) is 39.4. The third-order valence-corrected chi connectivity index (χ3v) is 4.36. The number of carbonyl (C=O) groups is 3. The number of phenolic OH excluding ortho intramolecular Hbond substituents is 1. The number of nitrogens with one attached hydrogen (secondary N) is 1. The number of hydrogen-bond donors (Lipinski definition) is 2. The van der Waals surface area contributed by atoms with E-state index in [1.807, 2.05) is 0 Å². The fourth-order valence-electron chi connectivity index (χ4n) is 2.68. The van der Waals surface area contributed by atoms with Crippen molar-refractivity contribution in [1.29, 1.82) is 0 Å². The highest BCUT2D eigenvalue weighted by molar-refractivity contribution is 9.10. The number of aromatic hydroxyl groups is 1. The predicted octanol–water partition coefficient (Wildman–Crippen LogP) is 3.73. The van der Waals surface area contributed by atoms with Crippen LogP contribution in [0.1, 0.15) is 56.3 Å². The summed E-state index contributed by atoms with van der Waals surface area (Å²) in [6, 6.07) is 4.34. The van der Waals surface area contributed by atoms with Crippen molar-refractivity contribution >= 4 is 33.5 Å². The fraction of sp³-hybridized carbons (Fsp3) is 0.278. The number of rotatable bonds is 5. The summed E-state index contributed by atoms with van der Waals surface area (Å²) >= 11 is 3.21. The van der Waals surface area contributed by atoms with E-state index in [-0.39, 0.29) is 22.8 Å². The second-order valence-corrected chi connectivity index (χ2v) is 6.67. The molecule has 2 rings (SSSR count). The van der Waals surface area contributed by atoms with Crippen molar-refractivity contribution in [3.8, 4) is 5.75 Å². The van der Waals surface area contributed by atoms with Gasteiger partial charge in [0.25, 0.3) is 0 Å². The zero-order valence-corrected chi connectivity index (χ0v) is 15.9. The summed E-state index contributed by atoms with van der Waals surface area (Å²) in [6.45, 7) is 6.24. The number of Topliss-reactive ketones (excluding diaryl/α,β-unsaturated/α-hetero) is 2. The Kier molecular flexibility index (Phi) is 5.47. The molecule has 0 spiro atoms. The standard InChI is InChI=1S/C18H18BrNO5/c1-8-15(10(3)21)9(2)20-16(8)17(23)11(4)25-18(24)13-7-12(19)5-6-14(13)22/h5-7,11,20,22H,1-4H3/t11-/m0/s1. The Bertz CT molecular complexity index is 869. The Morgan fingerprint density at radius 3 is 2.44 bits per heavy atom. The zero-order chi connectivity index (χ0) is 18.9. The fourth-order valence-corrected chi connectivity index (χ4v) is 3.04. The lowest BCUT2D eigenvalue weighted by Gasteiger charge is -2.13. The number of aryl methyl sites for hydroxylation is 1. The van der Waals surface area contributed by atoms with Crippen LogP contribution >= 0.6 is 15.9 Å². The van der Waals surface area contributed by atoms with Gasteiger partial charge in [-0.1, -0.05) is 15.9 Å². The number of carbonyl (C=O) groups excluding carboxylic acids is 3. The highest BCUT2D eigenvalue weighted by atomic mass is 79.9. The van der Waals surface area contributed by atoms with E-state index in [9.17, 15) is 19.5 Å². The molecule has 25 heavy (non-hydrogen) atoms. The Hall–Kier alpha value is -2.41. The van der Waals surface area contributed by atoms with Crippen LogP contribution in [0.25, 0.3) is 0 Å². The first kappa shape index (κ1) is 18.9. The van der Waals surface area contributed by atoms with Crippen LogP contribution < -0.4 is 0 Å². The van der Waals surface area contributed by atoms with Crippen molar-refractivity contribution in [3.05, 3.63) is 50.8 Å². The molecule has 0 aliphatic heterocycles. The summed E-state index contributed by atoms with van der Waals surface area (Å²) < 4.78 is 5.77. The number of aromatic nitrogens is 1. The van der Waals surface area contributed by atoms with Gasteiger partial charge in [-0.15, -0.1) is 0 Å². The van der Waals surface area contributed by atoms with Crippen molar-refractivity contribution in [3.63, 3.8) is 0 Å². The molecule has 1 heterocycles. The maximum absolute atomic E-state index is 12.6. The molecule has 0 aliphatic rings. The summed E-state index contributed by atoms with van der Waals surface area (Å²) in [7, 11) is 0. The summed E-state index contributed by atoms with van der Waals surface area (Å²) in [6.07, 6.45) is -1.08. The summed E-state index contributed by atoms with van der Waals surface area (Å²) in [5.74, 6) is -1.64. The lowest BCUT2D eigenvalue weighted by Crippen LogP contribution is -2.25. The van der Waals surface area contributed by atoms with Gasteiger partial charge in [0.2, 0.25) is 5.78 Å². The van der Waals surface area contributed by atoms with E-state index in [1.54, 1.807) is 19.9 Å². The number of phenols is 1. The van der Waals surface area contributed by atoms with Gasteiger partial charge >= 0.3 is 5.97 Å². The largest absolute Gasteiger partial charge is 0.507 e. The predicted molar refractivity (Wildman–Crippen MR) is 95.3 cm³/mol. The molecule has 1 aromatic carbocycles. The quantitative estimate of drug-likeness (QED) is 0.581. The van der Waals surface area contributed by atoms with Crippen LogP contribution in [0.2, 0.25) is 0 Å². The first-order valence-corrected chi connectivity index (χ1v) is 8.36. The molecule has 6 nitrogen and oxygen atoms in total. The van der Waals surface area contributed by atoms with Gasteiger partial charge in [-0.2, -0.15) is 0 Å². The maximum atomic E-state index is 12.6. The van der Waals surface area contributed by atoms with Crippen LogP contribution in [0, 0.1) is 13.8 Å². The Morgan fingerprint density at radius 2 is 1.88 bits per heavy atom. The molecule has 1 atom stereocenters. The smallest absolute Gasteiger partial charge is 0.342 e. The number of ketones is 2. The molecular formula is C18H18BrNO5. The second kappa shape index (κ2) is 7.23. The van der Waals surface area contributed by atoms with Crippen molar-refractivity contribution in [1.82, 2.24) is 4.98 Å². The van der Waals surface area contributed by atoms with Gasteiger partial charge in [0.1, 0.15) is 11.3 Å². The van der Waals surface area contributed by atoms with E-state index in [2.05, 4.69) is 20.9 Å². The van der Waals surface area contributed by atoms with E-state index < -0.39 is 17.9 Å². The number of H-pyrrole nitrogens is 1. The van der Waals surface area contributed by atoms with E-state index in [0.29, 0.717) is 21.3 Å². The molecule has 0 saturated carbocycles. The second-order valence-electron chi connectivity index (χ2n) is 5.75. The molecule has 0 aliphatic carbocycles. The molecular weight excluding hydrogens is 390 g/mol. The third kappa shape index (κ3) is 3.82. The molecule has 0 bridgehead atoms. The topological polar surface area (TPSA) is 96.5 Å². The van der Waals surface area contributed by atoms with Crippen LogP contribution in [0.3, 0.4) is 0 Å². The molecule has 7 heteroatoms. The number of ether oxygens (including phenoxy) is 1. The average Bonchev–Trinajstić information content (AvgIpc) is 2.83. The molecule has 0 unspecified atom stereocenters. The highest BCUT2D eigenvalue weighted by Gasteiger charge is 2.27. The Morgan fingerprint density at radius 1 is 1.24 bits per heavy atom. The minimum Gasteiger partial charge on any atom is -0.507 e. The monoisotopic (exact) mass is 407 g/mol. The Labute approximate surface area is 153 Å². The highest BCUT2D eigenvalue weighted by Crippen LogP contribution is 2.24.